The average molecular weight is 270 g/mol. The molecule has 7 heteroatoms. The molecule has 0 aliphatic carbocycles. The van der Waals surface area contributed by atoms with E-state index in [0.717, 1.165) is 12.5 Å². The molecule has 0 spiro atoms. The van der Waals surface area contributed by atoms with E-state index in [0.29, 0.717) is 6.07 Å². The van der Waals surface area contributed by atoms with Crippen LogP contribution in [0.15, 0.2) is 12.1 Å². The molecule has 1 rings (SSSR count). The number of carboxylic acid groups (broad SMARTS) is 1. The van der Waals surface area contributed by atoms with Crippen LogP contribution in [0.1, 0.15) is 30.6 Å². The molecule has 0 bridgehead atoms. The van der Waals surface area contributed by atoms with Gasteiger partial charge in [-0.3, -0.25) is 10.1 Å². The SMILES string of the molecule is CCC(C)N(C)c1cc(C(=O)O)c([N+](=O)[O-])cc1F. The summed E-state index contributed by atoms with van der Waals surface area (Å²) in [4.78, 5) is 22.4. The number of nitro benzene ring substituents is 1. The first-order valence-corrected chi connectivity index (χ1v) is 5.73. The van der Waals surface area contributed by atoms with Gasteiger partial charge < -0.3 is 10.0 Å². The van der Waals surface area contributed by atoms with Crippen LogP contribution in [0.3, 0.4) is 0 Å². The Morgan fingerprint density at radius 2 is 2.16 bits per heavy atom. The summed E-state index contributed by atoms with van der Waals surface area (Å²) in [5.74, 6) is -2.26. The Kier molecular flexibility index (Phi) is 4.42. The number of halogens is 1. The minimum Gasteiger partial charge on any atom is -0.477 e. The van der Waals surface area contributed by atoms with Crippen LogP contribution in [0.5, 0.6) is 0 Å². The Labute approximate surface area is 109 Å². The zero-order chi connectivity index (χ0) is 14.7. The summed E-state index contributed by atoms with van der Waals surface area (Å²) in [6.45, 7) is 3.75. The van der Waals surface area contributed by atoms with Crippen LogP contribution in [-0.2, 0) is 0 Å². The highest BCUT2D eigenvalue weighted by atomic mass is 19.1. The molecule has 0 fully saturated rings. The molecule has 19 heavy (non-hydrogen) atoms. The highest BCUT2D eigenvalue weighted by Crippen LogP contribution is 2.29. The van der Waals surface area contributed by atoms with Gasteiger partial charge in [0.05, 0.1) is 16.7 Å². The lowest BCUT2D eigenvalue weighted by Gasteiger charge is -2.26. The van der Waals surface area contributed by atoms with Gasteiger partial charge in [-0.15, -0.1) is 0 Å². The summed E-state index contributed by atoms with van der Waals surface area (Å²) in [6, 6.07) is 1.64. The third kappa shape index (κ3) is 2.98. The number of hydrogen-bond donors (Lipinski definition) is 1. The number of hydrogen-bond acceptors (Lipinski definition) is 4. The van der Waals surface area contributed by atoms with E-state index < -0.39 is 28.0 Å². The van der Waals surface area contributed by atoms with E-state index in [2.05, 4.69) is 0 Å². The van der Waals surface area contributed by atoms with Crippen LogP contribution < -0.4 is 4.90 Å². The molecule has 1 atom stereocenters. The number of rotatable bonds is 5. The van der Waals surface area contributed by atoms with Gasteiger partial charge >= 0.3 is 5.97 Å². The lowest BCUT2D eigenvalue weighted by molar-refractivity contribution is -0.385. The molecular weight excluding hydrogens is 255 g/mol. The smallest absolute Gasteiger partial charge is 0.342 e. The van der Waals surface area contributed by atoms with Gasteiger partial charge in [0.15, 0.2) is 5.82 Å². The fraction of sp³-hybridized carbons (Fsp3) is 0.417. The number of anilines is 1. The van der Waals surface area contributed by atoms with E-state index in [9.17, 15) is 19.3 Å². The first-order chi connectivity index (χ1) is 8.79. The lowest BCUT2D eigenvalue weighted by atomic mass is 10.1. The third-order valence-electron chi connectivity index (χ3n) is 3.12. The van der Waals surface area contributed by atoms with Crippen molar-refractivity contribution in [2.45, 2.75) is 26.3 Å². The molecule has 0 heterocycles. The Morgan fingerprint density at radius 1 is 1.58 bits per heavy atom. The monoisotopic (exact) mass is 270 g/mol. The van der Waals surface area contributed by atoms with Crippen molar-refractivity contribution in [1.29, 1.82) is 0 Å². The van der Waals surface area contributed by atoms with Gasteiger partial charge in [0.1, 0.15) is 5.56 Å². The molecule has 104 valence electrons. The molecule has 0 aromatic heterocycles. The predicted octanol–water partition coefficient (Wildman–Crippen LogP) is 2.67. The quantitative estimate of drug-likeness (QED) is 0.656. The van der Waals surface area contributed by atoms with Crippen LogP contribution in [-0.4, -0.2) is 29.1 Å². The fourth-order valence-corrected chi connectivity index (χ4v) is 1.66. The largest absolute Gasteiger partial charge is 0.477 e. The minimum atomic E-state index is -1.45. The van der Waals surface area contributed by atoms with Crippen molar-refractivity contribution in [3.63, 3.8) is 0 Å². The van der Waals surface area contributed by atoms with Crippen molar-refractivity contribution in [1.82, 2.24) is 0 Å². The molecule has 0 radical (unpaired) electrons. The maximum atomic E-state index is 13.9. The summed E-state index contributed by atoms with van der Waals surface area (Å²) in [7, 11) is 1.62. The number of aromatic carboxylic acids is 1. The number of nitro groups is 1. The summed E-state index contributed by atoms with van der Waals surface area (Å²) < 4.78 is 13.9. The van der Waals surface area contributed by atoms with Gasteiger partial charge in [0, 0.05) is 13.1 Å². The molecule has 1 N–H and O–H groups in total. The number of nitrogens with zero attached hydrogens (tertiary/aromatic N) is 2. The average Bonchev–Trinajstić information content (AvgIpc) is 2.36. The summed E-state index contributed by atoms with van der Waals surface area (Å²) >= 11 is 0. The molecule has 1 aromatic carbocycles. The number of carbonyl (C=O) groups is 1. The van der Waals surface area contributed by atoms with Gasteiger partial charge in [0.2, 0.25) is 0 Å². The molecule has 0 aliphatic heterocycles. The normalized spacial score (nSPS) is 12.0. The maximum Gasteiger partial charge on any atom is 0.342 e. The highest BCUT2D eigenvalue weighted by molar-refractivity contribution is 5.93. The van der Waals surface area contributed by atoms with Gasteiger partial charge in [-0.1, -0.05) is 6.92 Å². The highest BCUT2D eigenvalue weighted by Gasteiger charge is 2.25. The van der Waals surface area contributed by atoms with Crippen molar-refractivity contribution in [3.8, 4) is 0 Å². The van der Waals surface area contributed by atoms with E-state index in [-0.39, 0.29) is 11.7 Å². The lowest BCUT2D eigenvalue weighted by Crippen LogP contribution is -2.29. The molecule has 0 saturated heterocycles. The molecule has 0 aliphatic rings. The standard InChI is InChI=1S/C12H15FN2O4/c1-4-7(2)14(3)11-5-8(12(16)17)10(15(18)19)6-9(11)13/h5-7H,4H2,1-3H3,(H,16,17). The predicted molar refractivity (Wildman–Crippen MR) is 68.2 cm³/mol. The molecule has 6 nitrogen and oxygen atoms in total. The van der Waals surface area contributed by atoms with Gasteiger partial charge in [0.25, 0.3) is 5.69 Å². The Hall–Kier alpha value is -2.18. The zero-order valence-corrected chi connectivity index (χ0v) is 10.9. The number of carboxylic acids is 1. The summed E-state index contributed by atoms with van der Waals surface area (Å²) in [5.41, 5.74) is -1.22. The second kappa shape index (κ2) is 5.64. The first kappa shape index (κ1) is 14.9. The van der Waals surface area contributed by atoms with E-state index >= 15 is 0 Å². The molecular formula is C12H15FN2O4. The summed E-state index contributed by atoms with van der Waals surface area (Å²) in [5, 5.41) is 19.7. The molecule has 1 aromatic rings. The van der Waals surface area contributed by atoms with Crippen LogP contribution in [0.25, 0.3) is 0 Å². The van der Waals surface area contributed by atoms with E-state index in [1.807, 2.05) is 13.8 Å². The van der Waals surface area contributed by atoms with E-state index in [4.69, 9.17) is 5.11 Å². The van der Waals surface area contributed by atoms with Crippen LogP contribution in [0, 0.1) is 15.9 Å². The fourth-order valence-electron chi connectivity index (χ4n) is 1.66. The van der Waals surface area contributed by atoms with Crippen LogP contribution in [0.4, 0.5) is 15.8 Å². The van der Waals surface area contributed by atoms with Crippen molar-refractivity contribution in [2.75, 3.05) is 11.9 Å². The second-order valence-electron chi connectivity index (χ2n) is 4.25. The van der Waals surface area contributed by atoms with Crippen molar-refractivity contribution >= 4 is 17.3 Å². The van der Waals surface area contributed by atoms with Crippen molar-refractivity contribution < 1.29 is 19.2 Å². The van der Waals surface area contributed by atoms with Crippen LogP contribution >= 0.6 is 0 Å². The first-order valence-electron chi connectivity index (χ1n) is 5.73. The molecule has 0 amide bonds. The molecule has 1 unspecified atom stereocenters. The summed E-state index contributed by atoms with van der Waals surface area (Å²) in [6.07, 6.45) is 0.731. The Balaban J connectivity index is 3.40. The number of benzene rings is 1. The zero-order valence-electron chi connectivity index (χ0n) is 10.9. The van der Waals surface area contributed by atoms with Gasteiger partial charge in [-0.05, 0) is 19.4 Å². The second-order valence-corrected chi connectivity index (χ2v) is 4.25. The maximum absolute atomic E-state index is 13.9. The molecule has 0 saturated carbocycles. The van der Waals surface area contributed by atoms with Crippen molar-refractivity contribution in [3.05, 3.63) is 33.6 Å². The third-order valence-corrected chi connectivity index (χ3v) is 3.12. The van der Waals surface area contributed by atoms with Crippen molar-refractivity contribution in [2.24, 2.45) is 0 Å². The minimum absolute atomic E-state index is 0.0161. The van der Waals surface area contributed by atoms with E-state index in [1.165, 1.54) is 0 Å². The van der Waals surface area contributed by atoms with E-state index in [1.54, 1.807) is 11.9 Å². The Morgan fingerprint density at radius 3 is 2.58 bits per heavy atom. The van der Waals surface area contributed by atoms with Gasteiger partial charge in [-0.25, -0.2) is 9.18 Å². The Bertz CT molecular complexity index is 519. The topological polar surface area (TPSA) is 83.7 Å². The van der Waals surface area contributed by atoms with Crippen LogP contribution in [0.2, 0.25) is 0 Å². The van der Waals surface area contributed by atoms with Gasteiger partial charge in [-0.2, -0.15) is 0 Å².